The molecule has 0 saturated carbocycles. The standard InChI is InChI=1S/C43H84NO6P/c1-5-7-9-11-13-15-17-19-21-23-25-27-29-31-33-35-38-47-40-42(41-49-51(4,46-3)48-39-37-44)50-43(45)36-34-32-30-28-26-24-22-20-18-16-14-12-10-8-6-2/h20,22,35,38,42H,4-19,21,23-34,36-37,39-41,44H2,1-3H3. The number of hydrogen-bond acceptors (Lipinski definition) is 7. The van der Waals surface area contributed by atoms with Crippen LogP contribution in [0.25, 0.3) is 0 Å². The second kappa shape index (κ2) is 40.1. The first-order valence-electron chi connectivity index (χ1n) is 21.4. The van der Waals surface area contributed by atoms with Gasteiger partial charge >= 0.3 is 5.97 Å². The molecule has 0 fully saturated rings. The van der Waals surface area contributed by atoms with E-state index in [9.17, 15) is 4.79 Å². The van der Waals surface area contributed by atoms with Gasteiger partial charge in [-0.1, -0.05) is 161 Å². The first-order valence-corrected chi connectivity index (χ1v) is 23.1. The Bertz CT molecular complexity index is 835. The fourth-order valence-electron chi connectivity index (χ4n) is 5.99. The zero-order valence-corrected chi connectivity index (χ0v) is 34.8. The van der Waals surface area contributed by atoms with Gasteiger partial charge < -0.3 is 28.8 Å². The Morgan fingerprint density at radius 3 is 1.49 bits per heavy atom. The van der Waals surface area contributed by atoms with Crippen molar-refractivity contribution in [1.82, 2.24) is 0 Å². The smallest absolute Gasteiger partial charge is 0.306 e. The summed E-state index contributed by atoms with van der Waals surface area (Å²) in [4.78, 5) is 12.7. The Hall–Kier alpha value is -1.11. The van der Waals surface area contributed by atoms with Crippen LogP contribution in [0, 0.1) is 0 Å². The van der Waals surface area contributed by atoms with E-state index in [0.29, 0.717) is 13.0 Å². The van der Waals surface area contributed by atoms with Crippen molar-refractivity contribution < 1.29 is 27.8 Å². The summed E-state index contributed by atoms with van der Waals surface area (Å²) < 4.78 is 28.4. The first kappa shape index (κ1) is 49.9. The Morgan fingerprint density at radius 1 is 0.608 bits per heavy atom. The number of allylic oxidation sites excluding steroid dienone is 3. The Labute approximate surface area is 316 Å². The van der Waals surface area contributed by atoms with Crippen molar-refractivity contribution in [2.45, 2.75) is 206 Å². The minimum atomic E-state index is -2.80. The number of hydrogen-bond donors (Lipinski definition) is 1. The lowest BCUT2D eigenvalue weighted by molar-refractivity contribution is -0.153. The van der Waals surface area contributed by atoms with E-state index in [-0.39, 0.29) is 25.8 Å². The molecule has 0 aromatic rings. The fourth-order valence-corrected chi connectivity index (χ4v) is 7.05. The predicted molar refractivity (Wildman–Crippen MR) is 221 cm³/mol. The third-order valence-corrected chi connectivity index (χ3v) is 11.0. The predicted octanol–water partition coefficient (Wildman–Crippen LogP) is 13.2. The van der Waals surface area contributed by atoms with Gasteiger partial charge in [0.1, 0.15) is 6.61 Å². The van der Waals surface area contributed by atoms with Crippen molar-refractivity contribution in [2.24, 2.45) is 5.73 Å². The molecule has 0 radical (unpaired) electrons. The van der Waals surface area contributed by atoms with Gasteiger partial charge in [-0.2, -0.15) is 0 Å². The molecular formula is C43H84NO6P. The van der Waals surface area contributed by atoms with E-state index in [0.717, 1.165) is 38.5 Å². The molecule has 0 aromatic heterocycles. The highest BCUT2D eigenvalue weighted by molar-refractivity contribution is 7.59. The average molecular weight is 742 g/mol. The molecule has 8 heteroatoms. The summed E-state index contributed by atoms with van der Waals surface area (Å²) in [7, 11) is -1.29. The van der Waals surface area contributed by atoms with Crippen LogP contribution in [-0.2, 0) is 27.8 Å². The van der Waals surface area contributed by atoms with Crippen molar-refractivity contribution in [3.63, 3.8) is 0 Å². The van der Waals surface area contributed by atoms with Crippen LogP contribution in [0.1, 0.15) is 200 Å². The molecule has 0 rings (SSSR count). The fraction of sp³-hybridized carbons (Fsp3) is 0.860. The van der Waals surface area contributed by atoms with Crippen molar-refractivity contribution in [3.05, 3.63) is 24.5 Å². The number of esters is 1. The van der Waals surface area contributed by atoms with Crippen LogP contribution >= 0.6 is 7.57 Å². The molecule has 0 bridgehead atoms. The molecule has 0 spiro atoms. The Morgan fingerprint density at radius 2 is 1.04 bits per heavy atom. The van der Waals surface area contributed by atoms with Crippen molar-refractivity contribution in [2.75, 3.05) is 33.5 Å². The SMILES string of the molecule is C=P(OC)(OCCN)OCC(COC=CCCCCCCCCCCCCCCCC)OC(=O)CCCCCCCC=CCCCCCCCC. The molecule has 2 atom stereocenters. The Kier molecular flexibility index (Phi) is 39.2. The lowest BCUT2D eigenvalue weighted by Crippen LogP contribution is -2.28. The summed E-state index contributed by atoms with van der Waals surface area (Å²) >= 11 is 0. The number of nitrogens with two attached hydrogens (primary N) is 1. The minimum Gasteiger partial charge on any atom is -0.498 e. The highest BCUT2D eigenvalue weighted by Crippen LogP contribution is 2.47. The molecule has 2 N–H and O–H groups in total. The van der Waals surface area contributed by atoms with Crippen LogP contribution in [0.3, 0.4) is 0 Å². The molecule has 0 aliphatic heterocycles. The van der Waals surface area contributed by atoms with E-state index in [4.69, 9.17) is 28.8 Å². The normalized spacial score (nSPS) is 13.6. The monoisotopic (exact) mass is 742 g/mol. The third kappa shape index (κ3) is 37.0. The molecule has 0 aliphatic carbocycles. The lowest BCUT2D eigenvalue weighted by Gasteiger charge is -2.25. The molecule has 2 unspecified atom stereocenters. The number of ether oxygens (including phenoxy) is 2. The van der Waals surface area contributed by atoms with Crippen LogP contribution in [0.5, 0.6) is 0 Å². The molecule has 7 nitrogen and oxygen atoms in total. The van der Waals surface area contributed by atoms with E-state index in [1.807, 2.05) is 0 Å². The highest BCUT2D eigenvalue weighted by atomic mass is 31.2. The average Bonchev–Trinajstić information content (AvgIpc) is 3.13. The van der Waals surface area contributed by atoms with Crippen LogP contribution in [0.2, 0.25) is 0 Å². The number of carbonyl (C=O) groups is 1. The van der Waals surface area contributed by atoms with E-state index in [1.54, 1.807) is 6.26 Å². The second-order valence-electron chi connectivity index (χ2n) is 14.2. The summed E-state index contributed by atoms with van der Waals surface area (Å²) in [5.74, 6) is -0.232. The van der Waals surface area contributed by atoms with E-state index < -0.39 is 13.7 Å². The summed E-state index contributed by atoms with van der Waals surface area (Å²) in [6, 6.07) is 0. The van der Waals surface area contributed by atoms with E-state index >= 15 is 0 Å². The molecule has 0 aliphatic rings. The topological polar surface area (TPSA) is 89.2 Å². The maximum atomic E-state index is 12.7. The number of unbranched alkanes of at least 4 members (excludes halogenated alkanes) is 25. The van der Waals surface area contributed by atoms with Crippen LogP contribution in [-0.4, -0.2) is 51.8 Å². The Balaban J connectivity index is 4.19. The number of carbonyl (C=O) groups excluding carboxylic acids is 1. The van der Waals surface area contributed by atoms with Crippen molar-refractivity contribution in [3.8, 4) is 0 Å². The zero-order valence-electron chi connectivity index (χ0n) is 33.9. The van der Waals surface area contributed by atoms with Gasteiger partial charge in [0.15, 0.2) is 6.10 Å². The molecule has 51 heavy (non-hydrogen) atoms. The quantitative estimate of drug-likeness (QED) is 0.0219. The van der Waals surface area contributed by atoms with Gasteiger partial charge in [-0.3, -0.25) is 4.79 Å². The molecule has 0 amide bonds. The van der Waals surface area contributed by atoms with Gasteiger partial charge in [-0.15, -0.1) is 0 Å². The van der Waals surface area contributed by atoms with Gasteiger partial charge in [-0.25, -0.2) is 0 Å². The van der Waals surface area contributed by atoms with Crippen LogP contribution in [0.4, 0.5) is 0 Å². The van der Waals surface area contributed by atoms with Gasteiger partial charge in [0.25, 0.3) is 7.57 Å². The largest absolute Gasteiger partial charge is 0.498 e. The maximum Gasteiger partial charge on any atom is 0.306 e. The minimum absolute atomic E-state index is 0.0839. The maximum absolute atomic E-state index is 12.7. The van der Waals surface area contributed by atoms with Crippen LogP contribution < -0.4 is 5.73 Å². The van der Waals surface area contributed by atoms with Gasteiger partial charge in [0, 0.05) is 20.1 Å². The van der Waals surface area contributed by atoms with Gasteiger partial charge in [0.2, 0.25) is 0 Å². The molecular weight excluding hydrogens is 657 g/mol. The molecule has 0 aromatic carbocycles. The van der Waals surface area contributed by atoms with Gasteiger partial charge in [0.05, 0.1) is 19.5 Å². The zero-order chi connectivity index (χ0) is 37.4. The van der Waals surface area contributed by atoms with E-state index in [2.05, 4.69) is 38.4 Å². The van der Waals surface area contributed by atoms with Gasteiger partial charge in [-0.05, 0) is 57.3 Å². The summed E-state index contributed by atoms with van der Waals surface area (Å²) in [5, 5.41) is 0. The lowest BCUT2D eigenvalue weighted by atomic mass is 10.0. The van der Waals surface area contributed by atoms with Crippen LogP contribution in [0.15, 0.2) is 24.5 Å². The summed E-state index contributed by atoms with van der Waals surface area (Å²) in [6.07, 6.45) is 48.2. The second-order valence-corrected chi connectivity index (χ2v) is 16.4. The van der Waals surface area contributed by atoms with Crippen molar-refractivity contribution >= 4 is 19.8 Å². The van der Waals surface area contributed by atoms with E-state index in [1.165, 1.54) is 148 Å². The highest BCUT2D eigenvalue weighted by Gasteiger charge is 2.22. The summed E-state index contributed by atoms with van der Waals surface area (Å²) in [5.41, 5.74) is 5.58. The van der Waals surface area contributed by atoms with Crippen molar-refractivity contribution in [1.29, 1.82) is 0 Å². The summed E-state index contributed by atoms with van der Waals surface area (Å²) in [6.45, 7) is 5.45. The third-order valence-electron chi connectivity index (χ3n) is 9.28. The number of rotatable bonds is 41. The molecule has 0 heterocycles. The molecule has 0 saturated heterocycles. The first-order chi connectivity index (χ1) is 25.0. The molecule has 302 valence electrons.